The minimum atomic E-state index is -0.814. The summed E-state index contributed by atoms with van der Waals surface area (Å²) in [5.41, 5.74) is 0.613. The van der Waals surface area contributed by atoms with E-state index < -0.39 is 29.9 Å². The Kier molecular flexibility index (Phi) is 11.1. The Morgan fingerprint density at radius 1 is 1.12 bits per heavy atom. The summed E-state index contributed by atoms with van der Waals surface area (Å²) < 4.78 is 18.6. The number of unbranched alkanes of at least 4 members (excludes halogenated alkanes) is 1. The summed E-state index contributed by atoms with van der Waals surface area (Å²) >= 11 is 1.33. The van der Waals surface area contributed by atoms with Crippen LogP contribution in [0.25, 0.3) is 0 Å². The van der Waals surface area contributed by atoms with E-state index in [4.69, 9.17) is 4.74 Å². The molecule has 42 heavy (non-hydrogen) atoms. The molecule has 2 aromatic rings. The van der Waals surface area contributed by atoms with E-state index in [9.17, 15) is 23.6 Å². The molecule has 1 aromatic heterocycles. The Morgan fingerprint density at radius 3 is 2.52 bits per heavy atom. The lowest BCUT2D eigenvalue weighted by molar-refractivity contribution is -0.140. The van der Waals surface area contributed by atoms with Gasteiger partial charge in [-0.1, -0.05) is 32.6 Å². The van der Waals surface area contributed by atoms with Crippen LogP contribution in [0.5, 0.6) is 0 Å². The second-order valence-corrected chi connectivity index (χ2v) is 12.1. The zero-order valence-electron chi connectivity index (χ0n) is 24.6. The highest BCUT2D eigenvalue weighted by Crippen LogP contribution is 2.36. The van der Waals surface area contributed by atoms with Gasteiger partial charge in [-0.05, 0) is 69.2 Å². The minimum absolute atomic E-state index is 0.00243. The monoisotopic (exact) mass is 600 g/mol. The molecule has 1 aliphatic heterocycles. The number of rotatable bonds is 11. The Hall–Kier alpha value is -3.34. The number of likely N-dealkylation sites (N-methyl/N-ethyl adjacent to an activating group) is 1. The topological polar surface area (TPSA) is 109 Å². The first-order valence-corrected chi connectivity index (χ1v) is 15.8. The van der Waals surface area contributed by atoms with Crippen LogP contribution in [0.2, 0.25) is 0 Å². The second kappa shape index (κ2) is 14.7. The van der Waals surface area contributed by atoms with Crippen molar-refractivity contribution in [3.05, 3.63) is 51.7 Å². The van der Waals surface area contributed by atoms with Gasteiger partial charge in [0.05, 0.1) is 12.6 Å². The fourth-order valence-corrected chi connectivity index (χ4v) is 6.57. The third-order valence-corrected chi connectivity index (χ3v) is 9.28. The molecule has 0 unspecified atom stereocenters. The number of hydrogen-bond donors (Lipinski definition) is 1. The molecule has 11 heteroatoms. The van der Waals surface area contributed by atoms with Gasteiger partial charge in [0.2, 0.25) is 17.6 Å². The van der Waals surface area contributed by atoms with Crippen molar-refractivity contribution in [1.29, 1.82) is 0 Å². The van der Waals surface area contributed by atoms with Gasteiger partial charge >= 0.3 is 6.09 Å². The minimum Gasteiger partial charge on any atom is -0.449 e. The van der Waals surface area contributed by atoms with Crippen molar-refractivity contribution in [2.45, 2.75) is 89.8 Å². The largest absolute Gasteiger partial charge is 0.449 e. The van der Waals surface area contributed by atoms with Gasteiger partial charge in [0.15, 0.2) is 0 Å². The molecule has 0 radical (unpaired) electrons. The molecule has 0 spiro atoms. The van der Waals surface area contributed by atoms with E-state index in [0.29, 0.717) is 30.1 Å². The standard InChI is InChI=1S/C31H41FN4O5S/c1-4-5-18-41-31(40)35(3)20(2)28(38)34-26(21-10-7-6-8-11-21)30(39)36-17-9-12-25(36)29-33-24(19-42-29)27(37)22-13-15-23(32)16-14-22/h13-16,19-21,25-26H,4-12,17-18H2,1-3H3,(H,34,38)/t20-,25+,26+/m1/s1. The summed E-state index contributed by atoms with van der Waals surface area (Å²) in [6.07, 6.45) is 7.33. The average Bonchev–Trinajstić information content (AvgIpc) is 3.69. The molecule has 4 rings (SSSR count). The van der Waals surface area contributed by atoms with Crippen LogP contribution in [0.3, 0.4) is 0 Å². The number of nitrogens with one attached hydrogen (secondary N) is 1. The third-order valence-electron chi connectivity index (χ3n) is 8.34. The van der Waals surface area contributed by atoms with Crippen LogP contribution in [-0.4, -0.2) is 70.8 Å². The maximum atomic E-state index is 14.1. The molecule has 228 valence electrons. The molecule has 2 fully saturated rings. The van der Waals surface area contributed by atoms with Crippen molar-refractivity contribution in [2.24, 2.45) is 5.92 Å². The number of carbonyl (C=O) groups is 4. The Labute approximate surface area is 250 Å². The van der Waals surface area contributed by atoms with Gasteiger partial charge in [-0.2, -0.15) is 0 Å². The smallest absolute Gasteiger partial charge is 0.410 e. The molecule has 9 nitrogen and oxygen atoms in total. The fourth-order valence-electron chi connectivity index (χ4n) is 5.62. The summed E-state index contributed by atoms with van der Waals surface area (Å²) in [7, 11) is 1.53. The number of nitrogens with zero attached hydrogens (tertiary/aromatic N) is 3. The van der Waals surface area contributed by atoms with Gasteiger partial charge in [-0.25, -0.2) is 14.2 Å². The molecule has 2 heterocycles. The normalized spacial score (nSPS) is 18.8. The predicted molar refractivity (Wildman–Crippen MR) is 158 cm³/mol. The third kappa shape index (κ3) is 7.53. The van der Waals surface area contributed by atoms with Crippen molar-refractivity contribution in [3.8, 4) is 0 Å². The Bertz CT molecular complexity index is 1250. The maximum absolute atomic E-state index is 14.1. The van der Waals surface area contributed by atoms with Gasteiger partial charge in [0.1, 0.15) is 28.6 Å². The molecule has 1 aliphatic carbocycles. The van der Waals surface area contributed by atoms with E-state index in [1.807, 2.05) is 6.92 Å². The number of hydrogen-bond acceptors (Lipinski definition) is 7. The first-order valence-electron chi connectivity index (χ1n) is 15.0. The number of thiazole rings is 1. The number of amides is 3. The zero-order valence-corrected chi connectivity index (χ0v) is 25.5. The van der Waals surface area contributed by atoms with Crippen molar-refractivity contribution < 1.29 is 28.3 Å². The van der Waals surface area contributed by atoms with Gasteiger partial charge in [0.25, 0.3) is 0 Å². The number of ketones is 1. The van der Waals surface area contributed by atoms with Gasteiger partial charge in [-0.3, -0.25) is 19.3 Å². The van der Waals surface area contributed by atoms with E-state index in [1.54, 1.807) is 17.2 Å². The molecule has 0 bridgehead atoms. The number of ether oxygens (including phenoxy) is 1. The summed E-state index contributed by atoms with van der Waals surface area (Å²) in [6.45, 7) is 4.46. The van der Waals surface area contributed by atoms with Crippen LogP contribution < -0.4 is 5.32 Å². The van der Waals surface area contributed by atoms with Crippen molar-refractivity contribution in [3.63, 3.8) is 0 Å². The van der Waals surface area contributed by atoms with E-state index in [2.05, 4.69) is 10.3 Å². The van der Waals surface area contributed by atoms with E-state index in [1.165, 1.54) is 47.5 Å². The lowest BCUT2D eigenvalue weighted by atomic mass is 9.83. The molecule has 1 N–H and O–H groups in total. The van der Waals surface area contributed by atoms with Crippen LogP contribution in [0.1, 0.15) is 98.7 Å². The second-order valence-electron chi connectivity index (χ2n) is 11.2. The van der Waals surface area contributed by atoms with Gasteiger partial charge in [-0.15, -0.1) is 11.3 Å². The number of likely N-dealkylation sites (tertiary alicyclic amines) is 1. The van der Waals surface area contributed by atoms with E-state index in [0.717, 1.165) is 51.4 Å². The number of aromatic nitrogens is 1. The summed E-state index contributed by atoms with van der Waals surface area (Å²) in [5, 5.41) is 5.36. The van der Waals surface area contributed by atoms with Crippen LogP contribution in [0, 0.1) is 11.7 Å². The van der Waals surface area contributed by atoms with Gasteiger partial charge in [0, 0.05) is 24.5 Å². The van der Waals surface area contributed by atoms with Crippen LogP contribution in [-0.2, 0) is 14.3 Å². The highest BCUT2D eigenvalue weighted by molar-refractivity contribution is 7.10. The molecule has 3 amide bonds. The average molecular weight is 601 g/mol. The van der Waals surface area contributed by atoms with Crippen LogP contribution >= 0.6 is 11.3 Å². The van der Waals surface area contributed by atoms with Crippen molar-refractivity contribution in [1.82, 2.24) is 20.1 Å². The predicted octanol–water partition coefficient (Wildman–Crippen LogP) is 5.50. The van der Waals surface area contributed by atoms with Gasteiger partial charge < -0.3 is 15.0 Å². The SMILES string of the molecule is CCCCOC(=O)N(C)[C@H](C)C(=O)N[C@H](C(=O)N1CCC[C@H]1c1nc(C(=O)c2ccc(F)cc2)cs1)C1CCCCC1. The highest BCUT2D eigenvalue weighted by atomic mass is 32.1. The quantitative estimate of drug-likeness (QED) is 0.270. The van der Waals surface area contributed by atoms with Crippen molar-refractivity contribution in [2.75, 3.05) is 20.2 Å². The summed E-state index contributed by atoms with van der Waals surface area (Å²) in [6, 6.07) is 3.52. The lowest BCUT2D eigenvalue weighted by Crippen LogP contribution is -2.56. The fraction of sp³-hybridized carbons (Fsp3) is 0.581. The summed E-state index contributed by atoms with van der Waals surface area (Å²) in [4.78, 5) is 60.5. The zero-order chi connectivity index (χ0) is 30.2. The first kappa shape index (κ1) is 31.6. The van der Waals surface area contributed by atoms with Crippen LogP contribution in [0.4, 0.5) is 9.18 Å². The molecular weight excluding hydrogens is 559 g/mol. The molecule has 3 atom stereocenters. The van der Waals surface area contributed by atoms with Crippen molar-refractivity contribution >= 4 is 35.0 Å². The molecule has 1 saturated heterocycles. The molecule has 2 aliphatic rings. The molecule has 1 saturated carbocycles. The Balaban J connectivity index is 1.48. The molecular formula is C31H41FN4O5S. The van der Waals surface area contributed by atoms with E-state index in [-0.39, 0.29) is 29.3 Å². The number of benzene rings is 1. The van der Waals surface area contributed by atoms with E-state index >= 15 is 0 Å². The lowest BCUT2D eigenvalue weighted by Gasteiger charge is -2.35. The van der Waals surface area contributed by atoms with Crippen LogP contribution in [0.15, 0.2) is 29.6 Å². The number of carbonyl (C=O) groups excluding carboxylic acids is 4. The highest BCUT2D eigenvalue weighted by Gasteiger charge is 2.40. The Morgan fingerprint density at radius 2 is 1.83 bits per heavy atom. The first-order chi connectivity index (χ1) is 20.2. The maximum Gasteiger partial charge on any atom is 0.410 e. The number of halogens is 1. The summed E-state index contributed by atoms with van der Waals surface area (Å²) in [5.74, 6) is -1.27. The molecule has 1 aromatic carbocycles.